The lowest BCUT2D eigenvalue weighted by molar-refractivity contribution is 1.08. The van der Waals surface area contributed by atoms with Crippen LogP contribution in [0.15, 0.2) is 152 Å². The number of nitrogens with one attached hydrogen (secondary N) is 1. The highest BCUT2D eigenvalue weighted by Crippen LogP contribution is 2.40. The molecule has 0 aliphatic rings. The molecule has 1 N–H and O–H groups in total. The minimum atomic E-state index is 0.922. The fraction of sp³-hybridized carbons (Fsp3) is 0.0465. The van der Waals surface area contributed by atoms with Crippen LogP contribution in [-0.4, -0.2) is 19.1 Å². The zero-order valence-electron chi connectivity index (χ0n) is 26.3. The molecule has 0 spiro atoms. The van der Waals surface area contributed by atoms with Gasteiger partial charge in [-0.2, -0.15) is 0 Å². The summed E-state index contributed by atoms with van der Waals surface area (Å²) in [5, 5.41) is 7.39. The molecule has 10 aromatic rings. The third kappa shape index (κ3) is 4.05. The molecule has 0 unspecified atom stereocenters. The summed E-state index contributed by atoms with van der Waals surface area (Å²) in [6, 6.07) is 52.3. The minimum absolute atomic E-state index is 0.922. The second-order valence-electron chi connectivity index (χ2n) is 11.7. The van der Waals surface area contributed by atoms with Crippen molar-refractivity contribution in [3.63, 3.8) is 0 Å². The van der Waals surface area contributed by atoms with E-state index >= 15 is 0 Å². The Morgan fingerprint density at radius 3 is 1.68 bits per heavy atom. The van der Waals surface area contributed by atoms with Crippen molar-refractivity contribution in [1.29, 1.82) is 0 Å². The number of hydrogen-bond acceptors (Lipinski definition) is 1. The van der Waals surface area contributed by atoms with Gasteiger partial charge in [-0.1, -0.05) is 98.8 Å². The summed E-state index contributed by atoms with van der Waals surface area (Å²) >= 11 is 0. The van der Waals surface area contributed by atoms with Gasteiger partial charge in [-0.25, -0.2) is 4.98 Å². The Morgan fingerprint density at radius 1 is 0.447 bits per heavy atom. The maximum absolute atomic E-state index is 4.71. The first kappa shape index (κ1) is 27.2. The second kappa shape index (κ2) is 10.7. The Kier molecular flexibility index (Phi) is 6.22. The first-order valence-corrected chi connectivity index (χ1v) is 16.3. The SMILES string of the molecule is CC.c1ccc(-n2c3ccccc3c3cc(-c4cc(-n5c6ccccc6c6ccccc65)c5[nH]c6ccccc6c5c4)ccc32)nc1. The van der Waals surface area contributed by atoms with Crippen LogP contribution in [0.3, 0.4) is 0 Å². The van der Waals surface area contributed by atoms with Gasteiger partial charge in [0, 0.05) is 44.0 Å². The first-order chi connectivity index (χ1) is 23.3. The quantitative estimate of drug-likeness (QED) is 0.214. The van der Waals surface area contributed by atoms with Gasteiger partial charge in [-0.3, -0.25) is 4.57 Å². The van der Waals surface area contributed by atoms with Gasteiger partial charge in [0.2, 0.25) is 0 Å². The molecule has 0 radical (unpaired) electrons. The molecule has 0 fully saturated rings. The number of aromatic amines is 1. The van der Waals surface area contributed by atoms with Gasteiger partial charge >= 0.3 is 0 Å². The Balaban J connectivity index is 0.00000149. The van der Waals surface area contributed by atoms with E-state index in [1.165, 1.54) is 54.5 Å². The number of aromatic nitrogens is 4. The molecule has 4 nitrogen and oxygen atoms in total. The van der Waals surface area contributed by atoms with E-state index in [-0.39, 0.29) is 0 Å². The van der Waals surface area contributed by atoms with E-state index in [4.69, 9.17) is 4.98 Å². The van der Waals surface area contributed by atoms with Crippen molar-refractivity contribution in [3.8, 4) is 22.6 Å². The highest BCUT2D eigenvalue weighted by Gasteiger charge is 2.19. The van der Waals surface area contributed by atoms with Crippen molar-refractivity contribution in [2.24, 2.45) is 0 Å². The van der Waals surface area contributed by atoms with E-state index < -0.39 is 0 Å². The van der Waals surface area contributed by atoms with E-state index in [0.29, 0.717) is 0 Å². The maximum Gasteiger partial charge on any atom is 0.137 e. The molecule has 0 aliphatic carbocycles. The van der Waals surface area contributed by atoms with E-state index in [2.05, 4.69) is 148 Å². The van der Waals surface area contributed by atoms with Crippen LogP contribution in [-0.2, 0) is 0 Å². The Morgan fingerprint density at radius 2 is 1.00 bits per heavy atom. The number of pyridine rings is 1. The highest BCUT2D eigenvalue weighted by atomic mass is 15.1. The topological polar surface area (TPSA) is 38.5 Å². The van der Waals surface area contributed by atoms with Gasteiger partial charge in [0.1, 0.15) is 5.82 Å². The van der Waals surface area contributed by atoms with Crippen molar-refractivity contribution in [1.82, 2.24) is 19.1 Å². The van der Waals surface area contributed by atoms with Crippen LogP contribution >= 0.6 is 0 Å². The van der Waals surface area contributed by atoms with Crippen LogP contribution in [0.1, 0.15) is 13.8 Å². The zero-order chi connectivity index (χ0) is 31.5. The summed E-state index contributed by atoms with van der Waals surface area (Å²) in [6.45, 7) is 4.00. The first-order valence-electron chi connectivity index (χ1n) is 16.3. The van der Waals surface area contributed by atoms with Gasteiger partial charge in [0.05, 0.1) is 33.3 Å². The molecular formula is C43H32N4. The van der Waals surface area contributed by atoms with Crippen LogP contribution in [0.5, 0.6) is 0 Å². The molecule has 6 aromatic carbocycles. The lowest BCUT2D eigenvalue weighted by atomic mass is 9.99. The summed E-state index contributed by atoms with van der Waals surface area (Å²) in [7, 11) is 0. The molecule has 0 atom stereocenters. The summed E-state index contributed by atoms with van der Waals surface area (Å²) in [6.07, 6.45) is 1.86. The molecule has 4 heteroatoms. The summed E-state index contributed by atoms with van der Waals surface area (Å²) < 4.78 is 4.69. The fourth-order valence-electron chi connectivity index (χ4n) is 7.34. The van der Waals surface area contributed by atoms with Crippen LogP contribution < -0.4 is 0 Å². The third-order valence-electron chi connectivity index (χ3n) is 9.30. The lowest BCUT2D eigenvalue weighted by Gasteiger charge is -2.13. The molecular weight excluding hydrogens is 573 g/mol. The molecule has 4 heterocycles. The molecule has 10 rings (SSSR count). The number of rotatable bonds is 3. The van der Waals surface area contributed by atoms with Crippen LogP contribution in [0, 0.1) is 0 Å². The Hall–Kier alpha value is -6.13. The van der Waals surface area contributed by atoms with Gasteiger partial charge in [-0.15, -0.1) is 0 Å². The van der Waals surface area contributed by atoms with Crippen molar-refractivity contribution in [2.45, 2.75) is 13.8 Å². The average molecular weight is 605 g/mol. The molecule has 0 saturated carbocycles. The van der Waals surface area contributed by atoms with E-state index in [9.17, 15) is 0 Å². The van der Waals surface area contributed by atoms with Crippen molar-refractivity contribution in [3.05, 3.63) is 152 Å². The van der Waals surface area contributed by atoms with Gasteiger partial charge in [-0.05, 0) is 71.8 Å². The smallest absolute Gasteiger partial charge is 0.137 e. The number of fused-ring (bicyclic) bond motifs is 9. The van der Waals surface area contributed by atoms with Crippen molar-refractivity contribution in [2.75, 3.05) is 0 Å². The largest absolute Gasteiger partial charge is 0.353 e. The number of para-hydroxylation sites is 4. The van der Waals surface area contributed by atoms with Gasteiger partial charge in [0.15, 0.2) is 0 Å². The third-order valence-corrected chi connectivity index (χ3v) is 9.30. The normalized spacial score (nSPS) is 11.6. The van der Waals surface area contributed by atoms with Crippen LogP contribution in [0.2, 0.25) is 0 Å². The van der Waals surface area contributed by atoms with Gasteiger partial charge in [0.25, 0.3) is 0 Å². The summed E-state index contributed by atoms with van der Waals surface area (Å²) in [5.74, 6) is 0.922. The van der Waals surface area contributed by atoms with E-state index in [1.807, 2.05) is 32.2 Å². The zero-order valence-corrected chi connectivity index (χ0v) is 26.3. The predicted molar refractivity (Wildman–Crippen MR) is 199 cm³/mol. The number of benzene rings is 6. The molecule has 47 heavy (non-hydrogen) atoms. The van der Waals surface area contributed by atoms with Gasteiger partial charge < -0.3 is 9.55 Å². The number of H-pyrrole nitrogens is 1. The average Bonchev–Trinajstić information content (AvgIpc) is 3.80. The lowest BCUT2D eigenvalue weighted by Crippen LogP contribution is -1.97. The van der Waals surface area contributed by atoms with Crippen molar-refractivity contribution >= 4 is 65.4 Å². The predicted octanol–water partition coefficient (Wildman–Crippen LogP) is 11.6. The fourth-order valence-corrected chi connectivity index (χ4v) is 7.34. The summed E-state index contributed by atoms with van der Waals surface area (Å²) in [5.41, 5.74) is 10.5. The Bertz CT molecular complexity index is 2710. The number of nitrogens with zero attached hydrogens (tertiary/aromatic N) is 3. The van der Waals surface area contributed by atoms with Crippen molar-refractivity contribution < 1.29 is 0 Å². The molecule has 0 aliphatic heterocycles. The van der Waals surface area contributed by atoms with Crippen LogP contribution in [0.25, 0.3) is 88.0 Å². The molecule has 224 valence electrons. The molecule has 0 bridgehead atoms. The Labute approximate surface area is 272 Å². The van der Waals surface area contributed by atoms with Crippen LogP contribution in [0.4, 0.5) is 0 Å². The molecule has 0 amide bonds. The standard InChI is InChI=1S/C41H26N4.C2H6/c1-5-15-34-28(11-1)33-24-27(25-39(41(33)43-34)44-35-16-6-2-12-29(35)30-13-3-7-17-36(30)44)26-20-21-38-32(23-26)31-14-4-8-18-37(31)45(38)40-19-9-10-22-42-40;1-2/h1-25,43H;1-2H3. The minimum Gasteiger partial charge on any atom is -0.353 e. The second-order valence-corrected chi connectivity index (χ2v) is 11.7. The highest BCUT2D eigenvalue weighted by molar-refractivity contribution is 6.15. The molecule has 0 saturated heterocycles. The maximum atomic E-state index is 4.71. The summed E-state index contributed by atoms with van der Waals surface area (Å²) in [4.78, 5) is 8.49. The van der Waals surface area contributed by atoms with E-state index in [1.54, 1.807) is 0 Å². The van der Waals surface area contributed by atoms with E-state index in [0.717, 1.165) is 33.6 Å². The number of hydrogen-bond donors (Lipinski definition) is 1. The monoisotopic (exact) mass is 604 g/mol. The molecule has 4 aromatic heterocycles.